The maximum Gasteiger partial charge on any atom is 0.230 e. The molecule has 1 aromatic carbocycles. The first-order chi connectivity index (χ1) is 12.6. The summed E-state index contributed by atoms with van der Waals surface area (Å²) in [6, 6.07) is 6.19. The molecule has 0 amide bonds. The molecule has 1 aromatic heterocycles. The molecule has 0 aliphatic carbocycles. The highest BCUT2D eigenvalue weighted by Gasteiger charge is 2.23. The van der Waals surface area contributed by atoms with Crippen molar-refractivity contribution in [1.82, 2.24) is 9.88 Å². The minimum absolute atomic E-state index is 0.111. The van der Waals surface area contributed by atoms with Crippen LogP contribution in [0.3, 0.4) is 0 Å². The summed E-state index contributed by atoms with van der Waals surface area (Å²) in [7, 11) is 3.28. The van der Waals surface area contributed by atoms with Crippen molar-refractivity contribution in [2.24, 2.45) is 5.92 Å². The van der Waals surface area contributed by atoms with E-state index in [0.29, 0.717) is 18.2 Å². The lowest BCUT2D eigenvalue weighted by Gasteiger charge is -2.28. The van der Waals surface area contributed by atoms with Crippen LogP contribution in [0.15, 0.2) is 16.5 Å². The molecule has 6 nitrogen and oxygen atoms in total. The van der Waals surface area contributed by atoms with E-state index in [1.807, 2.05) is 26.0 Å². The summed E-state index contributed by atoms with van der Waals surface area (Å²) in [5.41, 5.74) is 2.64. The van der Waals surface area contributed by atoms with Gasteiger partial charge < -0.3 is 13.9 Å². The van der Waals surface area contributed by atoms with Gasteiger partial charge in [0.15, 0.2) is 0 Å². The number of hydrogen-bond donors (Lipinski definition) is 0. The van der Waals surface area contributed by atoms with E-state index in [1.54, 1.807) is 14.2 Å². The fourth-order valence-electron chi connectivity index (χ4n) is 3.53. The van der Waals surface area contributed by atoms with Crippen LogP contribution in [0.25, 0.3) is 11.5 Å². The molecule has 1 atom stereocenters. The van der Waals surface area contributed by atoms with Crippen LogP contribution in [0, 0.1) is 31.1 Å². The molecule has 1 aliphatic heterocycles. The van der Waals surface area contributed by atoms with Crippen molar-refractivity contribution in [1.29, 1.82) is 5.26 Å². The highest BCUT2D eigenvalue weighted by Crippen LogP contribution is 2.38. The number of nitriles is 1. The molecule has 0 unspecified atom stereocenters. The van der Waals surface area contributed by atoms with Crippen LogP contribution < -0.4 is 9.47 Å². The monoisotopic (exact) mass is 355 g/mol. The van der Waals surface area contributed by atoms with Gasteiger partial charge in [0.25, 0.3) is 0 Å². The molecule has 2 aromatic rings. The van der Waals surface area contributed by atoms with E-state index >= 15 is 0 Å². The molecule has 0 N–H and O–H groups in total. The van der Waals surface area contributed by atoms with Crippen LogP contribution in [0.2, 0.25) is 0 Å². The van der Waals surface area contributed by atoms with Gasteiger partial charge in [0.2, 0.25) is 5.89 Å². The number of rotatable bonds is 5. The zero-order valence-corrected chi connectivity index (χ0v) is 15.8. The molecule has 138 valence electrons. The predicted octanol–water partition coefficient (Wildman–Crippen LogP) is 3.71. The van der Waals surface area contributed by atoms with Crippen molar-refractivity contribution < 1.29 is 13.9 Å². The third kappa shape index (κ3) is 3.54. The summed E-state index contributed by atoms with van der Waals surface area (Å²) in [4.78, 5) is 7.00. The summed E-state index contributed by atoms with van der Waals surface area (Å²) in [5, 5.41) is 9.17. The number of piperidine rings is 1. The normalized spacial score (nSPS) is 17.7. The Hall–Kier alpha value is -2.52. The number of hydrogen-bond acceptors (Lipinski definition) is 6. The fourth-order valence-corrected chi connectivity index (χ4v) is 3.53. The first kappa shape index (κ1) is 18.3. The molecule has 1 saturated heterocycles. The van der Waals surface area contributed by atoms with Gasteiger partial charge in [-0.2, -0.15) is 5.26 Å². The largest absolute Gasteiger partial charge is 0.496 e. The van der Waals surface area contributed by atoms with E-state index in [9.17, 15) is 5.26 Å². The van der Waals surface area contributed by atoms with Gasteiger partial charge in [-0.15, -0.1) is 0 Å². The second-order valence-corrected chi connectivity index (χ2v) is 6.70. The highest BCUT2D eigenvalue weighted by molar-refractivity contribution is 5.68. The number of likely N-dealkylation sites (tertiary alicyclic amines) is 1. The fraction of sp³-hybridized carbons (Fsp3) is 0.500. The molecule has 2 heterocycles. The van der Waals surface area contributed by atoms with Crippen molar-refractivity contribution in [2.75, 3.05) is 27.3 Å². The number of methoxy groups -OCH3 is 2. The Morgan fingerprint density at radius 3 is 2.81 bits per heavy atom. The van der Waals surface area contributed by atoms with Gasteiger partial charge in [-0.25, -0.2) is 4.98 Å². The van der Waals surface area contributed by atoms with Gasteiger partial charge in [-0.3, -0.25) is 4.90 Å². The molecular formula is C20H25N3O3. The van der Waals surface area contributed by atoms with Crippen LogP contribution in [0.5, 0.6) is 11.5 Å². The Morgan fingerprint density at radius 2 is 2.12 bits per heavy atom. The SMILES string of the molecule is COc1ccc(-c2nc(CN3CCC[C@@H](C#N)C3)c(C)o2)c(OC)c1C. The van der Waals surface area contributed by atoms with Crippen molar-refractivity contribution in [3.8, 4) is 29.0 Å². The maximum absolute atomic E-state index is 9.17. The van der Waals surface area contributed by atoms with Crippen LogP contribution >= 0.6 is 0 Å². The van der Waals surface area contributed by atoms with Crippen molar-refractivity contribution in [3.05, 3.63) is 29.2 Å². The quantitative estimate of drug-likeness (QED) is 0.814. The Morgan fingerprint density at radius 1 is 1.31 bits per heavy atom. The van der Waals surface area contributed by atoms with E-state index in [2.05, 4.69) is 11.0 Å². The number of oxazole rings is 1. The van der Waals surface area contributed by atoms with Crippen LogP contribution in [-0.4, -0.2) is 37.2 Å². The molecule has 0 radical (unpaired) electrons. The van der Waals surface area contributed by atoms with Gasteiger partial charge in [0.1, 0.15) is 17.3 Å². The predicted molar refractivity (Wildman–Crippen MR) is 98.1 cm³/mol. The lowest BCUT2D eigenvalue weighted by molar-refractivity contribution is 0.189. The third-order valence-corrected chi connectivity index (χ3v) is 4.96. The average molecular weight is 355 g/mol. The summed E-state index contributed by atoms with van der Waals surface area (Å²) >= 11 is 0. The van der Waals surface area contributed by atoms with Crippen LogP contribution in [0.4, 0.5) is 0 Å². The molecule has 1 fully saturated rings. The van der Waals surface area contributed by atoms with Crippen molar-refractivity contribution in [3.63, 3.8) is 0 Å². The van der Waals surface area contributed by atoms with Gasteiger partial charge in [0, 0.05) is 18.7 Å². The molecule has 6 heteroatoms. The molecular weight excluding hydrogens is 330 g/mol. The average Bonchev–Trinajstić information content (AvgIpc) is 3.01. The van der Waals surface area contributed by atoms with E-state index in [1.165, 1.54) is 0 Å². The summed E-state index contributed by atoms with van der Waals surface area (Å²) < 4.78 is 16.9. The van der Waals surface area contributed by atoms with E-state index in [0.717, 1.165) is 54.3 Å². The topological polar surface area (TPSA) is 71.5 Å². The van der Waals surface area contributed by atoms with Crippen molar-refractivity contribution in [2.45, 2.75) is 33.2 Å². The Kier molecular flexibility index (Phi) is 5.48. The number of aromatic nitrogens is 1. The lowest BCUT2D eigenvalue weighted by Crippen LogP contribution is -2.34. The van der Waals surface area contributed by atoms with Gasteiger partial charge >= 0.3 is 0 Å². The summed E-state index contributed by atoms with van der Waals surface area (Å²) in [5.74, 6) is 2.94. The van der Waals surface area contributed by atoms with Gasteiger partial charge in [-0.05, 0) is 45.4 Å². The first-order valence-electron chi connectivity index (χ1n) is 8.87. The third-order valence-electron chi connectivity index (χ3n) is 4.96. The Balaban J connectivity index is 1.87. The second kappa shape index (κ2) is 7.79. The first-order valence-corrected chi connectivity index (χ1v) is 8.87. The number of ether oxygens (including phenoxy) is 2. The molecule has 1 aliphatic rings. The van der Waals surface area contributed by atoms with Crippen LogP contribution in [-0.2, 0) is 6.54 Å². The number of benzene rings is 1. The van der Waals surface area contributed by atoms with Crippen molar-refractivity contribution >= 4 is 0 Å². The maximum atomic E-state index is 9.17. The van der Waals surface area contributed by atoms with Gasteiger partial charge in [-0.1, -0.05) is 0 Å². The van der Waals surface area contributed by atoms with E-state index < -0.39 is 0 Å². The molecule has 3 rings (SSSR count). The smallest absolute Gasteiger partial charge is 0.230 e. The Bertz CT molecular complexity index is 822. The minimum atomic E-state index is 0.111. The molecule has 0 bridgehead atoms. The Labute approximate surface area is 154 Å². The zero-order chi connectivity index (χ0) is 18.7. The summed E-state index contributed by atoms with van der Waals surface area (Å²) in [6.45, 7) is 6.37. The molecule has 0 saturated carbocycles. The van der Waals surface area contributed by atoms with Crippen LogP contribution in [0.1, 0.15) is 29.9 Å². The molecule has 26 heavy (non-hydrogen) atoms. The number of aryl methyl sites for hydroxylation is 1. The minimum Gasteiger partial charge on any atom is -0.496 e. The zero-order valence-electron chi connectivity index (χ0n) is 15.8. The van der Waals surface area contributed by atoms with Gasteiger partial charge in [0.05, 0.1) is 37.5 Å². The summed E-state index contributed by atoms with van der Waals surface area (Å²) in [6.07, 6.45) is 2.03. The second-order valence-electron chi connectivity index (χ2n) is 6.70. The highest BCUT2D eigenvalue weighted by atomic mass is 16.5. The molecule has 0 spiro atoms. The van der Waals surface area contributed by atoms with E-state index in [-0.39, 0.29) is 5.92 Å². The van der Waals surface area contributed by atoms with E-state index in [4.69, 9.17) is 18.9 Å². The standard InChI is InChI=1S/C20H25N3O3/c1-13-18(24-3)8-7-16(19(13)25-4)20-22-17(14(2)26-20)12-23-9-5-6-15(10-21)11-23/h7-8,15H,5-6,9,11-12H2,1-4H3/t15-/m0/s1. The number of nitrogens with zero attached hydrogens (tertiary/aromatic N) is 3. The lowest BCUT2D eigenvalue weighted by atomic mass is 9.99.